The summed E-state index contributed by atoms with van der Waals surface area (Å²) in [5.41, 5.74) is 2.11. The maximum absolute atomic E-state index is 13.5. The van der Waals surface area contributed by atoms with Crippen LogP contribution in [0.15, 0.2) is 40.6 Å². The van der Waals surface area contributed by atoms with Gasteiger partial charge in [-0.15, -0.1) is 23.7 Å². The van der Waals surface area contributed by atoms with Crippen LogP contribution >= 0.6 is 23.7 Å². The number of likely N-dealkylation sites (tertiary alicyclic amines) is 1. The second-order valence-corrected chi connectivity index (χ2v) is 14.5. The zero-order valence-corrected chi connectivity index (χ0v) is 23.9. The molecule has 1 atom stereocenters. The fourth-order valence-electron chi connectivity index (χ4n) is 4.70. The van der Waals surface area contributed by atoms with E-state index in [0.717, 1.165) is 45.9 Å². The molecule has 0 radical (unpaired) electrons. The smallest absolute Gasteiger partial charge is 0.263 e. The molecule has 1 unspecified atom stereocenters. The van der Waals surface area contributed by atoms with Crippen LogP contribution in [0.2, 0.25) is 0 Å². The molecule has 2 N–H and O–H groups in total. The first-order chi connectivity index (χ1) is 17.6. The van der Waals surface area contributed by atoms with Crippen molar-refractivity contribution in [1.82, 2.24) is 19.0 Å². The molecule has 2 saturated heterocycles. The van der Waals surface area contributed by atoms with Crippen molar-refractivity contribution >= 4 is 49.7 Å². The number of hydrogen-bond donors (Lipinski definition) is 2. The van der Waals surface area contributed by atoms with E-state index in [4.69, 9.17) is 0 Å². The van der Waals surface area contributed by atoms with Gasteiger partial charge in [-0.3, -0.25) is 10.0 Å². The van der Waals surface area contributed by atoms with E-state index in [1.165, 1.54) is 42.2 Å². The Kier molecular flexibility index (Phi) is 10.7. The summed E-state index contributed by atoms with van der Waals surface area (Å²) in [5.74, 6) is -1.52. The molecule has 1 aromatic heterocycles. The number of nitrogens with one attached hydrogen (secondary N) is 1. The summed E-state index contributed by atoms with van der Waals surface area (Å²) in [4.78, 5) is 15.3. The summed E-state index contributed by atoms with van der Waals surface area (Å²) in [6.07, 6.45) is 3.85. The number of nitrogens with zero attached hydrogens (tertiary/aromatic N) is 3. The molecule has 0 bridgehead atoms. The molecule has 38 heavy (non-hydrogen) atoms. The topological polar surface area (TPSA) is 127 Å². The minimum Gasteiger partial charge on any atom is -0.303 e. The van der Waals surface area contributed by atoms with Crippen LogP contribution in [0.5, 0.6) is 0 Å². The van der Waals surface area contributed by atoms with Crippen LogP contribution < -0.4 is 5.48 Å². The number of amides is 1. The average Bonchev–Trinajstić information content (AvgIpc) is 3.40. The van der Waals surface area contributed by atoms with Crippen LogP contribution in [0.4, 0.5) is 4.39 Å². The summed E-state index contributed by atoms with van der Waals surface area (Å²) in [5, 5.41) is 9.27. The minimum atomic E-state index is -4.18. The average molecular weight is 611 g/mol. The predicted molar refractivity (Wildman–Crippen MR) is 145 cm³/mol. The quantitative estimate of drug-likeness (QED) is 0.330. The van der Waals surface area contributed by atoms with E-state index in [1.54, 1.807) is 6.07 Å². The Labute approximate surface area is 232 Å². The fourth-order valence-corrected chi connectivity index (χ4v) is 9.19. The summed E-state index contributed by atoms with van der Waals surface area (Å²) in [6, 6.07) is 7.18. The van der Waals surface area contributed by atoms with Gasteiger partial charge in [-0.2, -0.15) is 8.61 Å². The van der Waals surface area contributed by atoms with Gasteiger partial charge in [-0.25, -0.2) is 26.7 Å². The molecule has 212 valence electrons. The number of hydrogen-bond acceptors (Lipinski definition) is 8. The normalized spacial score (nSPS) is 20.1. The monoisotopic (exact) mass is 610 g/mol. The number of carbonyl (C=O) groups excluding carboxylic acids is 1. The lowest BCUT2D eigenvalue weighted by atomic mass is 10.1. The third-order valence-electron chi connectivity index (χ3n) is 6.70. The Bertz CT molecular complexity index is 1300. The van der Waals surface area contributed by atoms with Gasteiger partial charge >= 0.3 is 0 Å². The molecule has 0 saturated carbocycles. The Morgan fingerprint density at radius 2 is 1.68 bits per heavy atom. The number of rotatable bonds is 9. The molecule has 15 heteroatoms. The highest BCUT2D eigenvalue weighted by molar-refractivity contribution is 7.91. The van der Waals surface area contributed by atoms with Crippen molar-refractivity contribution in [3.8, 4) is 10.4 Å². The Balaban J connectivity index is 0.00000400. The summed E-state index contributed by atoms with van der Waals surface area (Å²) >= 11 is 0.962. The molecule has 1 aromatic carbocycles. The third-order valence-corrected chi connectivity index (χ3v) is 12.1. The highest BCUT2D eigenvalue weighted by Gasteiger charge is 2.43. The number of halogens is 2. The van der Waals surface area contributed by atoms with Crippen molar-refractivity contribution in [2.75, 3.05) is 45.0 Å². The van der Waals surface area contributed by atoms with Crippen LogP contribution in [0.25, 0.3) is 10.4 Å². The molecule has 10 nitrogen and oxygen atoms in total. The lowest BCUT2D eigenvalue weighted by molar-refractivity contribution is -0.134. The second kappa shape index (κ2) is 13.1. The van der Waals surface area contributed by atoms with Crippen LogP contribution in [-0.2, 0) is 24.8 Å². The van der Waals surface area contributed by atoms with Crippen LogP contribution in [-0.4, -0.2) is 92.5 Å². The standard InChI is InChI=1S/C23H31FN4O6S3.ClH/c24-19-7-5-18(6-8-19)21-9-10-22(35-21)37(33,34)28-15-14-27(17-20(28)23(29)25-30)36(31,32)16-4-13-26-11-2-1-3-12-26;/h5-10,20,30H,1-4,11-17H2,(H,25,29);1H. The maximum Gasteiger partial charge on any atom is 0.263 e. The number of thiophene rings is 1. The van der Waals surface area contributed by atoms with E-state index in [2.05, 4.69) is 4.90 Å². The number of piperidine rings is 1. The van der Waals surface area contributed by atoms with Gasteiger partial charge in [0.25, 0.3) is 15.9 Å². The van der Waals surface area contributed by atoms with Crippen LogP contribution in [0.3, 0.4) is 0 Å². The molecule has 4 rings (SSSR count). The molecule has 3 heterocycles. The Hall–Kier alpha value is -1.65. The van der Waals surface area contributed by atoms with Gasteiger partial charge in [0.15, 0.2) is 0 Å². The first-order valence-electron chi connectivity index (χ1n) is 12.1. The van der Waals surface area contributed by atoms with E-state index >= 15 is 0 Å². The first-order valence-corrected chi connectivity index (χ1v) is 16.0. The molecule has 1 amide bonds. The summed E-state index contributed by atoms with van der Waals surface area (Å²) in [7, 11) is -7.92. The van der Waals surface area contributed by atoms with Crippen molar-refractivity contribution in [3.63, 3.8) is 0 Å². The lowest BCUT2D eigenvalue weighted by Crippen LogP contribution is -2.61. The third kappa shape index (κ3) is 7.10. The van der Waals surface area contributed by atoms with Gasteiger partial charge in [0.05, 0.1) is 5.75 Å². The van der Waals surface area contributed by atoms with E-state index in [1.807, 2.05) is 0 Å². The lowest BCUT2D eigenvalue weighted by Gasteiger charge is -2.38. The number of carbonyl (C=O) groups is 1. The van der Waals surface area contributed by atoms with Crippen molar-refractivity contribution in [3.05, 3.63) is 42.2 Å². The zero-order valence-electron chi connectivity index (χ0n) is 20.7. The molecule has 2 fully saturated rings. The molecule has 2 aliphatic heterocycles. The number of piperazine rings is 1. The van der Waals surface area contributed by atoms with E-state index in [0.29, 0.717) is 23.4 Å². The highest BCUT2D eigenvalue weighted by atomic mass is 35.5. The van der Waals surface area contributed by atoms with E-state index in [9.17, 15) is 31.2 Å². The SMILES string of the molecule is Cl.O=C(NO)C1CN(S(=O)(=O)CCCN2CCCCC2)CCN1S(=O)(=O)c1ccc(-c2ccc(F)cc2)s1. The van der Waals surface area contributed by atoms with Gasteiger partial charge in [0.1, 0.15) is 16.1 Å². The largest absolute Gasteiger partial charge is 0.303 e. The molecule has 0 aliphatic carbocycles. The molecular weight excluding hydrogens is 579 g/mol. The molecule has 2 aliphatic rings. The van der Waals surface area contributed by atoms with Gasteiger partial charge in [0.2, 0.25) is 10.0 Å². The van der Waals surface area contributed by atoms with Crippen molar-refractivity contribution in [1.29, 1.82) is 0 Å². The van der Waals surface area contributed by atoms with Crippen molar-refractivity contribution < 1.29 is 31.2 Å². The summed E-state index contributed by atoms with van der Waals surface area (Å²) < 4.78 is 68.2. The van der Waals surface area contributed by atoms with Gasteiger partial charge in [-0.05, 0) is 68.7 Å². The highest BCUT2D eigenvalue weighted by Crippen LogP contribution is 2.34. The van der Waals surface area contributed by atoms with Gasteiger partial charge in [0, 0.05) is 24.5 Å². The van der Waals surface area contributed by atoms with Crippen LogP contribution in [0, 0.1) is 5.82 Å². The number of sulfonamides is 2. The van der Waals surface area contributed by atoms with E-state index < -0.39 is 44.4 Å². The molecule has 0 spiro atoms. The Morgan fingerprint density at radius 3 is 2.34 bits per heavy atom. The Morgan fingerprint density at radius 1 is 1.00 bits per heavy atom. The zero-order chi connectivity index (χ0) is 26.6. The van der Waals surface area contributed by atoms with Gasteiger partial charge < -0.3 is 4.90 Å². The summed E-state index contributed by atoms with van der Waals surface area (Å²) in [6.45, 7) is 1.85. The molecule has 2 aromatic rings. The first kappa shape index (κ1) is 30.9. The number of benzene rings is 1. The second-order valence-electron chi connectivity index (χ2n) is 9.16. The fraction of sp³-hybridized carbons (Fsp3) is 0.522. The van der Waals surface area contributed by atoms with Crippen molar-refractivity contribution in [2.45, 2.75) is 35.9 Å². The van der Waals surface area contributed by atoms with E-state index in [-0.39, 0.29) is 35.5 Å². The predicted octanol–water partition coefficient (Wildman–Crippen LogP) is 2.36. The minimum absolute atomic E-state index is 0. The number of hydroxylamine groups is 1. The van der Waals surface area contributed by atoms with Crippen molar-refractivity contribution in [2.24, 2.45) is 0 Å². The molecular formula is C23H32ClFN4O6S3. The maximum atomic E-state index is 13.5. The van der Waals surface area contributed by atoms with Crippen LogP contribution in [0.1, 0.15) is 25.7 Å². The van der Waals surface area contributed by atoms with Gasteiger partial charge in [-0.1, -0.05) is 18.6 Å².